The van der Waals surface area contributed by atoms with Crippen molar-refractivity contribution in [1.29, 1.82) is 0 Å². The van der Waals surface area contributed by atoms with Crippen LogP contribution in [0.5, 0.6) is 0 Å². The van der Waals surface area contributed by atoms with Crippen LogP contribution in [-0.2, 0) is 16.1 Å². The van der Waals surface area contributed by atoms with Crippen molar-refractivity contribution in [1.82, 2.24) is 19.4 Å². The Kier molecular flexibility index (Phi) is 4.69. The molecule has 25 heavy (non-hydrogen) atoms. The van der Waals surface area contributed by atoms with E-state index < -0.39 is 23.7 Å². The summed E-state index contributed by atoms with van der Waals surface area (Å²) in [5.41, 5.74) is -0.734. The van der Waals surface area contributed by atoms with Crippen molar-refractivity contribution < 1.29 is 9.59 Å². The molecule has 3 rings (SSSR count). The maximum absolute atomic E-state index is 12.4. The zero-order valence-electron chi connectivity index (χ0n) is 14.0. The number of amides is 2. The van der Waals surface area contributed by atoms with Crippen LogP contribution in [0.2, 0.25) is 0 Å². The number of aromatic nitrogens is 2. The Morgan fingerprint density at radius 1 is 1.16 bits per heavy atom. The number of para-hydroxylation sites is 1. The summed E-state index contributed by atoms with van der Waals surface area (Å²) >= 11 is 0. The normalized spacial score (nSPS) is 14.0. The molecule has 2 heterocycles. The Hall–Kier alpha value is -2.90. The number of aromatic amines is 1. The molecule has 8 heteroatoms. The molecular formula is C17H20N4O4. The summed E-state index contributed by atoms with van der Waals surface area (Å²) in [6.45, 7) is 0.969. The van der Waals surface area contributed by atoms with Crippen LogP contribution in [0.15, 0.2) is 33.9 Å². The minimum absolute atomic E-state index is 0.0565. The number of likely N-dealkylation sites (tertiary alicyclic amines) is 1. The van der Waals surface area contributed by atoms with Gasteiger partial charge in [-0.25, -0.2) is 4.79 Å². The highest BCUT2D eigenvalue weighted by Gasteiger charge is 2.22. The molecule has 0 spiro atoms. The van der Waals surface area contributed by atoms with Gasteiger partial charge in [-0.15, -0.1) is 0 Å². The summed E-state index contributed by atoms with van der Waals surface area (Å²) in [7, 11) is 1.50. The third kappa shape index (κ3) is 3.47. The van der Waals surface area contributed by atoms with Gasteiger partial charge in [0.1, 0.15) is 6.54 Å². The molecule has 2 aromatic rings. The third-order valence-corrected chi connectivity index (χ3v) is 4.44. The first-order chi connectivity index (χ1) is 12.0. The molecule has 0 bridgehead atoms. The summed E-state index contributed by atoms with van der Waals surface area (Å²) in [6, 6.07) is 6.63. The number of H-pyrrole nitrogens is 1. The molecule has 1 fully saturated rings. The first kappa shape index (κ1) is 16.9. The average Bonchev–Trinajstić information content (AvgIpc) is 3.13. The van der Waals surface area contributed by atoms with E-state index in [1.165, 1.54) is 11.9 Å². The number of benzene rings is 1. The molecule has 1 aliphatic heterocycles. The van der Waals surface area contributed by atoms with Gasteiger partial charge in [-0.3, -0.25) is 19.0 Å². The van der Waals surface area contributed by atoms with Crippen molar-refractivity contribution >= 4 is 22.7 Å². The fraction of sp³-hybridized carbons (Fsp3) is 0.412. The van der Waals surface area contributed by atoms with E-state index in [0.717, 1.165) is 17.4 Å². The fourth-order valence-corrected chi connectivity index (χ4v) is 2.96. The highest BCUT2D eigenvalue weighted by Crippen LogP contribution is 2.08. The molecule has 1 aromatic carbocycles. The number of nitrogens with one attached hydrogen (secondary N) is 1. The van der Waals surface area contributed by atoms with Crippen LogP contribution in [0.3, 0.4) is 0 Å². The molecule has 132 valence electrons. The quantitative estimate of drug-likeness (QED) is 0.829. The number of fused-ring (bicyclic) bond motifs is 1. The summed E-state index contributed by atoms with van der Waals surface area (Å²) in [4.78, 5) is 54.6. The van der Waals surface area contributed by atoms with Gasteiger partial charge in [-0.1, -0.05) is 12.1 Å². The maximum atomic E-state index is 12.4. The Labute approximate surface area is 143 Å². The van der Waals surface area contributed by atoms with Crippen LogP contribution in [0, 0.1) is 0 Å². The van der Waals surface area contributed by atoms with Crippen molar-refractivity contribution in [3.05, 3.63) is 45.1 Å². The summed E-state index contributed by atoms with van der Waals surface area (Å²) in [5, 5.41) is 0.339. The van der Waals surface area contributed by atoms with Crippen molar-refractivity contribution in [2.45, 2.75) is 19.4 Å². The van der Waals surface area contributed by atoms with Gasteiger partial charge in [0.25, 0.3) is 5.56 Å². The number of rotatable bonds is 4. The smallest absolute Gasteiger partial charge is 0.329 e. The lowest BCUT2D eigenvalue weighted by Crippen LogP contribution is -2.44. The molecule has 0 aliphatic carbocycles. The van der Waals surface area contributed by atoms with Crippen LogP contribution in [0.4, 0.5) is 0 Å². The van der Waals surface area contributed by atoms with Crippen LogP contribution >= 0.6 is 0 Å². The van der Waals surface area contributed by atoms with E-state index in [1.54, 1.807) is 29.2 Å². The molecule has 0 saturated carbocycles. The van der Waals surface area contributed by atoms with E-state index in [-0.39, 0.29) is 12.5 Å². The van der Waals surface area contributed by atoms with Crippen LogP contribution in [0.1, 0.15) is 12.8 Å². The molecule has 1 aliphatic rings. The second-order valence-electron chi connectivity index (χ2n) is 6.20. The number of hydrogen-bond acceptors (Lipinski definition) is 4. The minimum Gasteiger partial charge on any atom is -0.341 e. The Morgan fingerprint density at radius 3 is 2.56 bits per heavy atom. The summed E-state index contributed by atoms with van der Waals surface area (Å²) in [5.74, 6) is -0.580. The van der Waals surface area contributed by atoms with Crippen LogP contribution in [0.25, 0.3) is 10.9 Å². The first-order valence-corrected chi connectivity index (χ1v) is 8.21. The van der Waals surface area contributed by atoms with E-state index in [1.807, 2.05) is 0 Å². The standard InChI is InChI=1S/C17H20N4O4/c1-19(10-15(23)20-8-4-5-9-20)14(22)11-21-16(24)12-6-2-3-7-13(12)18-17(21)25/h2-3,6-7H,4-5,8-11H2,1H3,(H,18,25). The van der Waals surface area contributed by atoms with Crippen LogP contribution in [-0.4, -0.2) is 57.8 Å². The van der Waals surface area contributed by atoms with Gasteiger partial charge in [0.15, 0.2) is 0 Å². The molecule has 1 aromatic heterocycles. The SMILES string of the molecule is CN(CC(=O)N1CCCC1)C(=O)Cn1c(=O)[nH]c2ccccc2c1=O. The summed E-state index contributed by atoms with van der Waals surface area (Å²) in [6.07, 6.45) is 1.95. The second-order valence-corrected chi connectivity index (χ2v) is 6.20. The van der Waals surface area contributed by atoms with E-state index in [4.69, 9.17) is 0 Å². The Morgan fingerprint density at radius 2 is 1.84 bits per heavy atom. The van der Waals surface area contributed by atoms with Gasteiger partial charge >= 0.3 is 5.69 Å². The lowest BCUT2D eigenvalue weighted by molar-refractivity contribution is -0.139. The van der Waals surface area contributed by atoms with Gasteiger partial charge < -0.3 is 14.8 Å². The van der Waals surface area contributed by atoms with Gasteiger partial charge in [-0.05, 0) is 25.0 Å². The first-order valence-electron chi connectivity index (χ1n) is 8.21. The third-order valence-electron chi connectivity index (χ3n) is 4.44. The molecule has 1 N–H and O–H groups in total. The lowest BCUT2D eigenvalue weighted by Gasteiger charge is -2.21. The predicted molar refractivity (Wildman–Crippen MR) is 92.3 cm³/mol. The zero-order chi connectivity index (χ0) is 18.0. The number of carbonyl (C=O) groups is 2. The molecule has 2 amide bonds. The molecule has 0 unspecified atom stereocenters. The average molecular weight is 344 g/mol. The van der Waals surface area contributed by atoms with Gasteiger partial charge in [0.2, 0.25) is 11.8 Å². The van der Waals surface area contributed by atoms with E-state index in [9.17, 15) is 19.2 Å². The summed E-state index contributed by atoms with van der Waals surface area (Å²) < 4.78 is 0.863. The van der Waals surface area contributed by atoms with Crippen molar-refractivity contribution in [3.8, 4) is 0 Å². The predicted octanol–water partition coefficient (Wildman–Crippen LogP) is -0.229. The fourth-order valence-electron chi connectivity index (χ4n) is 2.96. The van der Waals surface area contributed by atoms with Crippen molar-refractivity contribution in [3.63, 3.8) is 0 Å². The van der Waals surface area contributed by atoms with E-state index in [2.05, 4.69) is 4.98 Å². The number of nitrogens with zero attached hydrogens (tertiary/aromatic N) is 3. The number of carbonyl (C=O) groups excluding carboxylic acids is 2. The molecular weight excluding hydrogens is 324 g/mol. The number of likely N-dealkylation sites (N-methyl/N-ethyl adjacent to an activating group) is 1. The van der Waals surface area contributed by atoms with E-state index >= 15 is 0 Å². The monoisotopic (exact) mass is 344 g/mol. The topological polar surface area (TPSA) is 95.5 Å². The van der Waals surface area contributed by atoms with E-state index in [0.29, 0.717) is 24.0 Å². The highest BCUT2D eigenvalue weighted by molar-refractivity contribution is 5.85. The highest BCUT2D eigenvalue weighted by atomic mass is 16.2. The van der Waals surface area contributed by atoms with Gasteiger partial charge in [0, 0.05) is 20.1 Å². The maximum Gasteiger partial charge on any atom is 0.329 e. The zero-order valence-corrected chi connectivity index (χ0v) is 14.0. The van der Waals surface area contributed by atoms with Crippen molar-refractivity contribution in [2.24, 2.45) is 0 Å². The van der Waals surface area contributed by atoms with Gasteiger partial charge in [0.05, 0.1) is 17.4 Å². The molecule has 8 nitrogen and oxygen atoms in total. The minimum atomic E-state index is -0.642. The number of hydrogen-bond donors (Lipinski definition) is 1. The molecule has 1 saturated heterocycles. The van der Waals surface area contributed by atoms with Gasteiger partial charge in [-0.2, -0.15) is 0 Å². The van der Waals surface area contributed by atoms with Crippen molar-refractivity contribution in [2.75, 3.05) is 26.7 Å². The lowest BCUT2D eigenvalue weighted by atomic mass is 10.2. The largest absolute Gasteiger partial charge is 0.341 e. The second kappa shape index (κ2) is 6.92. The Balaban J connectivity index is 1.76. The molecule has 0 atom stereocenters. The Bertz CT molecular complexity index is 924. The molecule has 0 radical (unpaired) electrons. The van der Waals surface area contributed by atoms with Crippen LogP contribution < -0.4 is 11.2 Å².